The zero-order chi connectivity index (χ0) is 12.1. The monoisotopic (exact) mass is 394 g/mol. The summed E-state index contributed by atoms with van der Waals surface area (Å²) in [7, 11) is 0. The fourth-order valence-corrected chi connectivity index (χ4v) is 1.50. The molecule has 2 aromatic rings. The van der Waals surface area contributed by atoms with Gasteiger partial charge in [-0.05, 0) is 29.8 Å². The first kappa shape index (κ1) is 20.7. The second-order valence-corrected chi connectivity index (χ2v) is 3.37. The number of carboxylic acid groups (broad SMARTS) is 1. The van der Waals surface area contributed by atoms with Gasteiger partial charge in [0.25, 0.3) is 0 Å². The molecule has 0 aromatic heterocycles. The summed E-state index contributed by atoms with van der Waals surface area (Å²) in [5.41, 5.74) is 1.52. The van der Waals surface area contributed by atoms with Crippen molar-refractivity contribution in [2.24, 2.45) is 0 Å². The van der Waals surface area contributed by atoms with E-state index < -0.39 is 5.97 Å². The Morgan fingerprint density at radius 1 is 0.944 bits per heavy atom. The van der Waals surface area contributed by atoms with Gasteiger partial charge >= 0.3 is 5.97 Å². The first-order chi connectivity index (χ1) is 7.66. The fraction of sp³-hybridized carbons (Fsp3) is 0.214. The molecule has 2 radical (unpaired) electrons. The molecule has 0 unspecified atom stereocenters. The summed E-state index contributed by atoms with van der Waals surface area (Å²) in [5.74, 6) is -0.882. The molecule has 0 saturated carbocycles. The van der Waals surface area contributed by atoms with E-state index in [0.29, 0.717) is 5.56 Å². The van der Waals surface area contributed by atoms with Gasteiger partial charge in [-0.25, -0.2) is 4.79 Å². The van der Waals surface area contributed by atoms with Crippen LogP contribution in [-0.2, 0) is 65.4 Å². The van der Waals surface area contributed by atoms with Crippen LogP contribution >= 0.6 is 0 Å². The first-order valence-electron chi connectivity index (χ1n) is 5.40. The minimum atomic E-state index is -0.882. The summed E-state index contributed by atoms with van der Waals surface area (Å²) < 4.78 is 0. The molecule has 0 aliphatic carbocycles. The van der Waals surface area contributed by atoms with Crippen LogP contribution in [0.5, 0.6) is 0 Å². The third-order valence-corrected chi connectivity index (χ3v) is 2.24. The van der Waals surface area contributed by atoms with E-state index in [1.54, 1.807) is 12.1 Å². The zero-order valence-electron chi connectivity index (χ0n) is 11.0. The van der Waals surface area contributed by atoms with E-state index in [1.807, 2.05) is 45.0 Å². The Morgan fingerprint density at radius 2 is 1.44 bits per heavy atom. The molecule has 0 aliphatic rings. The summed E-state index contributed by atoms with van der Waals surface area (Å²) >= 11 is 0. The molecule has 4 heteroatoms. The maximum Gasteiger partial charge on any atom is 0.335 e. The third-order valence-electron chi connectivity index (χ3n) is 2.24. The minimum Gasteiger partial charge on any atom is -0.478 e. The van der Waals surface area contributed by atoms with Crippen LogP contribution in [0.15, 0.2) is 36.4 Å². The van der Waals surface area contributed by atoms with E-state index >= 15 is 0 Å². The number of aryl methyl sites for hydroxylation is 1. The van der Waals surface area contributed by atoms with E-state index in [1.165, 1.54) is 5.56 Å². The molecular formula is C14H16O2Y2. The van der Waals surface area contributed by atoms with Crippen molar-refractivity contribution in [3.63, 3.8) is 0 Å². The van der Waals surface area contributed by atoms with Crippen molar-refractivity contribution < 1.29 is 75.3 Å². The van der Waals surface area contributed by atoms with Gasteiger partial charge in [-0.15, -0.1) is 0 Å². The molecule has 2 nitrogen and oxygen atoms in total. The van der Waals surface area contributed by atoms with Crippen LogP contribution in [0, 0.1) is 6.92 Å². The number of rotatable bonds is 1. The van der Waals surface area contributed by atoms with E-state index in [4.69, 9.17) is 5.11 Å². The Morgan fingerprint density at radius 3 is 2.00 bits per heavy atom. The second-order valence-electron chi connectivity index (χ2n) is 3.37. The number of carboxylic acids is 1. The Bertz CT molecular complexity index is 510. The Hall–Kier alpha value is 0.378. The average Bonchev–Trinajstić information content (AvgIpc) is 2.30. The van der Waals surface area contributed by atoms with Crippen LogP contribution in [0.2, 0.25) is 0 Å². The topological polar surface area (TPSA) is 37.3 Å². The Balaban J connectivity index is 0. The van der Waals surface area contributed by atoms with Crippen molar-refractivity contribution in [1.82, 2.24) is 0 Å². The normalized spacial score (nSPS) is 8.39. The predicted molar refractivity (Wildman–Crippen MR) is 67.0 cm³/mol. The summed E-state index contributed by atoms with van der Waals surface area (Å²) in [6.07, 6.45) is 0. The third kappa shape index (κ3) is 5.57. The van der Waals surface area contributed by atoms with Gasteiger partial charge in [0.1, 0.15) is 0 Å². The Kier molecular flexibility index (Phi) is 11.7. The SMILES string of the molecule is CC.Cc1ccc2cc(C(=O)O)ccc2c1.[Y].[Y]. The van der Waals surface area contributed by atoms with Gasteiger partial charge in [0.15, 0.2) is 0 Å². The van der Waals surface area contributed by atoms with Crippen LogP contribution in [0.1, 0.15) is 29.8 Å². The summed E-state index contributed by atoms with van der Waals surface area (Å²) in [6, 6.07) is 11.1. The van der Waals surface area contributed by atoms with Gasteiger partial charge in [-0.1, -0.05) is 43.7 Å². The van der Waals surface area contributed by atoms with Gasteiger partial charge in [-0.3, -0.25) is 0 Å². The van der Waals surface area contributed by atoms with Crippen LogP contribution in [0.25, 0.3) is 10.8 Å². The minimum absolute atomic E-state index is 0. The molecule has 0 amide bonds. The molecule has 0 bridgehead atoms. The second kappa shape index (κ2) is 10.2. The fourth-order valence-electron chi connectivity index (χ4n) is 1.50. The van der Waals surface area contributed by atoms with Gasteiger partial charge < -0.3 is 5.11 Å². The number of hydrogen-bond donors (Lipinski definition) is 1. The molecule has 0 atom stereocenters. The van der Waals surface area contributed by atoms with Crippen LogP contribution in [-0.4, -0.2) is 11.1 Å². The van der Waals surface area contributed by atoms with E-state index in [9.17, 15) is 4.79 Å². The Labute approximate surface area is 158 Å². The molecule has 0 saturated heterocycles. The molecule has 0 heterocycles. The molecule has 0 spiro atoms. The van der Waals surface area contributed by atoms with Gasteiger partial charge in [0.2, 0.25) is 0 Å². The predicted octanol–water partition coefficient (Wildman–Crippen LogP) is 3.87. The van der Waals surface area contributed by atoms with E-state index in [2.05, 4.69) is 0 Å². The number of hydrogen-bond acceptors (Lipinski definition) is 1. The van der Waals surface area contributed by atoms with Gasteiger partial charge in [0.05, 0.1) is 5.56 Å². The van der Waals surface area contributed by atoms with Crippen molar-refractivity contribution in [2.45, 2.75) is 20.8 Å². The summed E-state index contributed by atoms with van der Waals surface area (Å²) in [5, 5.41) is 10.8. The van der Waals surface area contributed by atoms with Crippen molar-refractivity contribution >= 4 is 16.7 Å². The quantitative estimate of drug-likeness (QED) is 0.798. The smallest absolute Gasteiger partial charge is 0.335 e. The van der Waals surface area contributed by atoms with Crippen molar-refractivity contribution in [1.29, 1.82) is 0 Å². The molecule has 90 valence electrons. The molecule has 2 aromatic carbocycles. The molecule has 0 fully saturated rings. The molecular weight excluding hydrogens is 378 g/mol. The first-order valence-corrected chi connectivity index (χ1v) is 5.40. The van der Waals surface area contributed by atoms with Crippen molar-refractivity contribution in [3.05, 3.63) is 47.5 Å². The standard InChI is InChI=1S/C12H10O2.C2H6.2Y/c1-8-2-3-10-7-11(12(13)14)5-4-9(10)6-8;1-2;;/h2-7H,1H3,(H,13,14);1-2H3;;. The largest absolute Gasteiger partial charge is 0.478 e. The van der Waals surface area contributed by atoms with Crippen LogP contribution in [0.4, 0.5) is 0 Å². The molecule has 2 rings (SSSR count). The maximum absolute atomic E-state index is 10.7. The molecule has 1 N–H and O–H groups in total. The van der Waals surface area contributed by atoms with Gasteiger partial charge in [-0.2, -0.15) is 0 Å². The summed E-state index contributed by atoms with van der Waals surface area (Å²) in [6.45, 7) is 6.02. The zero-order valence-corrected chi connectivity index (χ0v) is 16.7. The molecule has 18 heavy (non-hydrogen) atoms. The van der Waals surface area contributed by atoms with E-state index in [0.717, 1.165) is 10.8 Å². The number of fused-ring (bicyclic) bond motifs is 1. The summed E-state index contributed by atoms with van der Waals surface area (Å²) in [4.78, 5) is 10.7. The molecule has 0 aliphatic heterocycles. The number of carbonyl (C=O) groups is 1. The number of aromatic carboxylic acids is 1. The maximum atomic E-state index is 10.7. The van der Waals surface area contributed by atoms with E-state index in [-0.39, 0.29) is 65.4 Å². The van der Waals surface area contributed by atoms with Gasteiger partial charge in [0, 0.05) is 65.4 Å². The van der Waals surface area contributed by atoms with Crippen LogP contribution < -0.4 is 0 Å². The van der Waals surface area contributed by atoms with Crippen molar-refractivity contribution in [3.8, 4) is 0 Å². The van der Waals surface area contributed by atoms with Crippen LogP contribution in [0.3, 0.4) is 0 Å². The average molecular weight is 394 g/mol. The number of benzene rings is 2. The van der Waals surface area contributed by atoms with Crippen molar-refractivity contribution in [2.75, 3.05) is 0 Å².